The fraction of sp³-hybridized carbons (Fsp3) is 0.333. The molecule has 0 amide bonds. The Labute approximate surface area is 121 Å². The molecule has 2 aromatic rings. The maximum absolute atomic E-state index is 5.50. The number of rotatable bonds is 6. The molecule has 106 valence electrons. The Morgan fingerprint density at radius 2 is 1.75 bits per heavy atom. The number of hydrogen-bond acceptors (Lipinski definition) is 2. The zero-order chi connectivity index (χ0) is 14.4. The summed E-state index contributed by atoms with van der Waals surface area (Å²) in [6.45, 7) is 7.91. The molecule has 2 heteroatoms. The molecule has 2 rings (SSSR count). The van der Waals surface area contributed by atoms with E-state index in [4.69, 9.17) is 4.74 Å². The second-order valence-electron chi connectivity index (χ2n) is 4.91. The van der Waals surface area contributed by atoms with Crippen LogP contribution in [0.1, 0.15) is 36.6 Å². The normalized spacial score (nSPS) is 12.2. The largest absolute Gasteiger partial charge is 0.494 e. The molecule has 1 atom stereocenters. The van der Waals surface area contributed by atoms with Gasteiger partial charge in [0, 0.05) is 0 Å². The smallest absolute Gasteiger partial charge is 0.119 e. The summed E-state index contributed by atoms with van der Waals surface area (Å²) in [6.07, 6.45) is 0. The van der Waals surface area contributed by atoms with Crippen molar-refractivity contribution in [3.8, 4) is 5.75 Å². The van der Waals surface area contributed by atoms with E-state index in [9.17, 15) is 0 Å². The van der Waals surface area contributed by atoms with Crippen molar-refractivity contribution in [1.29, 1.82) is 0 Å². The van der Waals surface area contributed by atoms with E-state index in [0.717, 1.165) is 12.3 Å². The topological polar surface area (TPSA) is 21.3 Å². The molecule has 0 saturated carbocycles. The number of aryl methyl sites for hydroxylation is 1. The minimum atomic E-state index is 0.232. The van der Waals surface area contributed by atoms with Crippen LogP contribution < -0.4 is 10.1 Å². The van der Waals surface area contributed by atoms with Gasteiger partial charge in [-0.3, -0.25) is 0 Å². The molecule has 20 heavy (non-hydrogen) atoms. The number of hydrogen-bond donors (Lipinski definition) is 1. The molecule has 0 heterocycles. The monoisotopic (exact) mass is 269 g/mol. The molecule has 0 aliphatic rings. The Morgan fingerprint density at radius 1 is 1.00 bits per heavy atom. The summed E-state index contributed by atoms with van der Waals surface area (Å²) in [7, 11) is 0. The van der Waals surface area contributed by atoms with Crippen molar-refractivity contribution in [2.24, 2.45) is 0 Å². The van der Waals surface area contributed by atoms with E-state index in [1.165, 1.54) is 16.7 Å². The molecular weight excluding hydrogens is 246 g/mol. The predicted octanol–water partition coefficient (Wildman–Crippen LogP) is 4.09. The van der Waals surface area contributed by atoms with E-state index in [2.05, 4.69) is 55.6 Å². The Hall–Kier alpha value is -1.80. The molecular formula is C18H23NO. The molecule has 1 N–H and O–H groups in total. The van der Waals surface area contributed by atoms with E-state index >= 15 is 0 Å². The lowest BCUT2D eigenvalue weighted by Gasteiger charge is -2.20. The Kier molecular flexibility index (Phi) is 5.19. The molecule has 0 radical (unpaired) electrons. The van der Waals surface area contributed by atoms with Crippen molar-refractivity contribution in [2.75, 3.05) is 13.2 Å². The maximum atomic E-state index is 5.50. The van der Waals surface area contributed by atoms with Crippen LogP contribution in [0.3, 0.4) is 0 Å². The van der Waals surface area contributed by atoms with Gasteiger partial charge < -0.3 is 10.1 Å². The Bertz CT molecular complexity index is 533. The van der Waals surface area contributed by atoms with Crippen LogP contribution in [0.15, 0.2) is 48.5 Å². The molecule has 0 spiro atoms. The lowest BCUT2D eigenvalue weighted by atomic mass is 9.97. The Balaban J connectivity index is 2.28. The van der Waals surface area contributed by atoms with Crippen molar-refractivity contribution in [1.82, 2.24) is 5.32 Å². The van der Waals surface area contributed by atoms with Gasteiger partial charge in [0.1, 0.15) is 5.75 Å². The van der Waals surface area contributed by atoms with Crippen LogP contribution in [-0.2, 0) is 0 Å². The van der Waals surface area contributed by atoms with Gasteiger partial charge >= 0.3 is 0 Å². The zero-order valence-corrected chi connectivity index (χ0v) is 12.5. The summed E-state index contributed by atoms with van der Waals surface area (Å²) in [5.41, 5.74) is 3.85. The SMILES string of the molecule is CCNC(c1ccc(OCC)cc1)c1cccc(C)c1. The molecule has 0 aliphatic carbocycles. The van der Waals surface area contributed by atoms with Gasteiger partial charge in [-0.25, -0.2) is 0 Å². The molecule has 1 unspecified atom stereocenters. The van der Waals surface area contributed by atoms with Gasteiger partial charge in [0.15, 0.2) is 0 Å². The first kappa shape index (κ1) is 14.6. The van der Waals surface area contributed by atoms with Crippen LogP contribution in [0.4, 0.5) is 0 Å². The number of benzene rings is 2. The van der Waals surface area contributed by atoms with E-state index in [0.29, 0.717) is 6.61 Å². The lowest BCUT2D eigenvalue weighted by molar-refractivity contribution is 0.340. The minimum absolute atomic E-state index is 0.232. The van der Waals surface area contributed by atoms with Crippen LogP contribution in [0.25, 0.3) is 0 Å². The van der Waals surface area contributed by atoms with Gasteiger partial charge in [-0.1, -0.05) is 48.9 Å². The Morgan fingerprint density at radius 3 is 2.35 bits per heavy atom. The summed E-state index contributed by atoms with van der Waals surface area (Å²) >= 11 is 0. The van der Waals surface area contributed by atoms with Crippen LogP contribution >= 0.6 is 0 Å². The molecule has 2 aromatic carbocycles. The summed E-state index contributed by atoms with van der Waals surface area (Å²) in [6, 6.07) is 17.3. The molecule has 0 saturated heterocycles. The van der Waals surface area contributed by atoms with Crippen molar-refractivity contribution in [2.45, 2.75) is 26.8 Å². The van der Waals surface area contributed by atoms with Gasteiger partial charge in [0.2, 0.25) is 0 Å². The first-order chi connectivity index (χ1) is 9.74. The van der Waals surface area contributed by atoms with Gasteiger partial charge in [0.25, 0.3) is 0 Å². The maximum Gasteiger partial charge on any atom is 0.119 e. The molecule has 0 bridgehead atoms. The van der Waals surface area contributed by atoms with Crippen LogP contribution in [0.5, 0.6) is 5.75 Å². The second kappa shape index (κ2) is 7.11. The van der Waals surface area contributed by atoms with Crippen LogP contribution in [-0.4, -0.2) is 13.2 Å². The fourth-order valence-electron chi connectivity index (χ4n) is 2.41. The van der Waals surface area contributed by atoms with E-state index in [1.807, 2.05) is 19.1 Å². The highest BCUT2D eigenvalue weighted by molar-refractivity contribution is 5.36. The van der Waals surface area contributed by atoms with Crippen molar-refractivity contribution >= 4 is 0 Å². The standard InChI is InChI=1S/C18H23NO/c1-4-19-18(16-8-6-7-14(3)13-16)15-9-11-17(12-10-15)20-5-2/h6-13,18-19H,4-5H2,1-3H3. The third kappa shape index (κ3) is 3.61. The number of nitrogens with one attached hydrogen (secondary N) is 1. The van der Waals surface area contributed by atoms with Crippen LogP contribution in [0.2, 0.25) is 0 Å². The van der Waals surface area contributed by atoms with Crippen molar-refractivity contribution in [3.63, 3.8) is 0 Å². The highest BCUT2D eigenvalue weighted by Crippen LogP contribution is 2.24. The average Bonchev–Trinajstić information content (AvgIpc) is 2.46. The van der Waals surface area contributed by atoms with E-state index in [1.54, 1.807) is 0 Å². The minimum Gasteiger partial charge on any atom is -0.494 e. The van der Waals surface area contributed by atoms with E-state index < -0.39 is 0 Å². The molecule has 2 nitrogen and oxygen atoms in total. The molecule has 0 fully saturated rings. The molecule has 0 aromatic heterocycles. The highest BCUT2D eigenvalue weighted by atomic mass is 16.5. The summed E-state index contributed by atoms with van der Waals surface area (Å²) in [4.78, 5) is 0. The summed E-state index contributed by atoms with van der Waals surface area (Å²) in [5.74, 6) is 0.927. The van der Waals surface area contributed by atoms with Gasteiger partial charge in [-0.2, -0.15) is 0 Å². The van der Waals surface area contributed by atoms with Crippen molar-refractivity contribution < 1.29 is 4.74 Å². The average molecular weight is 269 g/mol. The lowest BCUT2D eigenvalue weighted by Crippen LogP contribution is -2.22. The van der Waals surface area contributed by atoms with Gasteiger partial charge in [-0.05, 0) is 43.7 Å². The third-order valence-corrected chi connectivity index (χ3v) is 3.31. The summed E-state index contributed by atoms with van der Waals surface area (Å²) in [5, 5.41) is 3.55. The predicted molar refractivity (Wildman–Crippen MR) is 84.3 cm³/mol. The third-order valence-electron chi connectivity index (χ3n) is 3.31. The fourth-order valence-corrected chi connectivity index (χ4v) is 2.41. The molecule has 0 aliphatic heterocycles. The summed E-state index contributed by atoms with van der Waals surface area (Å²) < 4.78 is 5.50. The van der Waals surface area contributed by atoms with Crippen molar-refractivity contribution in [3.05, 3.63) is 65.2 Å². The second-order valence-corrected chi connectivity index (χ2v) is 4.91. The first-order valence-electron chi connectivity index (χ1n) is 7.27. The first-order valence-corrected chi connectivity index (χ1v) is 7.27. The number of ether oxygens (including phenoxy) is 1. The van der Waals surface area contributed by atoms with Gasteiger partial charge in [0.05, 0.1) is 12.6 Å². The quantitative estimate of drug-likeness (QED) is 0.852. The van der Waals surface area contributed by atoms with Gasteiger partial charge in [-0.15, -0.1) is 0 Å². The van der Waals surface area contributed by atoms with Crippen LogP contribution in [0, 0.1) is 6.92 Å². The zero-order valence-electron chi connectivity index (χ0n) is 12.5. The highest BCUT2D eigenvalue weighted by Gasteiger charge is 2.12. The van der Waals surface area contributed by atoms with E-state index in [-0.39, 0.29) is 6.04 Å².